The van der Waals surface area contributed by atoms with Crippen LogP contribution in [0.15, 0.2) is 24.5 Å². The fourth-order valence-electron chi connectivity index (χ4n) is 1.96. The molecule has 9 heteroatoms. The van der Waals surface area contributed by atoms with Gasteiger partial charge in [0.2, 0.25) is 0 Å². The van der Waals surface area contributed by atoms with E-state index in [1.807, 2.05) is 0 Å². The summed E-state index contributed by atoms with van der Waals surface area (Å²) < 4.78 is 40.2. The number of aromatic nitrogens is 3. The van der Waals surface area contributed by atoms with Crippen LogP contribution in [0.4, 0.5) is 18.9 Å². The fraction of sp³-hybridized carbons (Fsp3) is 0.333. The normalized spacial score (nSPS) is 11.9. The van der Waals surface area contributed by atoms with Gasteiger partial charge < -0.3 is 5.32 Å². The molecule has 24 heavy (non-hydrogen) atoms. The number of hydrogen-bond donors (Lipinski definition) is 1. The Morgan fingerprint density at radius 3 is 2.50 bits per heavy atom. The molecule has 6 nitrogen and oxygen atoms in total. The molecule has 0 radical (unpaired) electrons. The van der Waals surface area contributed by atoms with Crippen LogP contribution >= 0.6 is 0 Å². The molecule has 0 fully saturated rings. The molecule has 1 heterocycles. The first-order chi connectivity index (χ1) is 11.1. The van der Waals surface area contributed by atoms with Gasteiger partial charge in [0, 0.05) is 5.69 Å². The van der Waals surface area contributed by atoms with Crippen molar-refractivity contribution in [1.29, 1.82) is 5.26 Å². The van der Waals surface area contributed by atoms with Gasteiger partial charge in [0.05, 0.1) is 17.2 Å². The summed E-state index contributed by atoms with van der Waals surface area (Å²) >= 11 is 0. The lowest BCUT2D eigenvalue weighted by Crippen LogP contribution is -2.40. The maximum Gasteiger partial charge on any atom is 0.417 e. The van der Waals surface area contributed by atoms with Crippen LogP contribution in [0.3, 0.4) is 0 Å². The molecular formula is C15H14F3N5O. The molecule has 2 aromatic rings. The van der Waals surface area contributed by atoms with Crippen LogP contribution in [0.2, 0.25) is 0 Å². The number of nitrogens with zero attached hydrogens (tertiary/aromatic N) is 4. The van der Waals surface area contributed by atoms with E-state index in [-0.39, 0.29) is 5.69 Å². The van der Waals surface area contributed by atoms with Crippen molar-refractivity contribution >= 4 is 11.6 Å². The third-order valence-electron chi connectivity index (χ3n) is 3.44. The van der Waals surface area contributed by atoms with E-state index in [1.54, 1.807) is 20.8 Å². The number of amides is 1. The number of benzene rings is 1. The van der Waals surface area contributed by atoms with E-state index in [0.717, 1.165) is 12.1 Å². The van der Waals surface area contributed by atoms with Gasteiger partial charge in [0.1, 0.15) is 17.7 Å². The number of anilines is 1. The van der Waals surface area contributed by atoms with Crippen molar-refractivity contribution in [2.75, 3.05) is 5.32 Å². The highest BCUT2D eigenvalue weighted by atomic mass is 19.4. The molecule has 1 aromatic heterocycles. The summed E-state index contributed by atoms with van der Waals surface area (Å²) in [5.41, 5.74) is -2.83. The summed E-state index contributed by atoms with van der Waals surface area (Å²) in [5.74, 6) is -0.0983. The molecule has 126 valence electrons. The first kappa shape index (κ1) is 17.5. The molecule has 1 amide bonds. The average Bonchev–Trinajstić information content (AvgIpc) is 2.93. The van der Waals surface area contributed by atoms with Crippen LogP contribution in [0.1, 0.15) is 30.8 Å². The second kappa shape index (κ2) is 5.96. The predicted molar refractivity (Wildman–Crippen MR) is 78.9 cm³/mol. The molecular weight excluding hydrogens is 323 g/mol. The van der Waals surface area contributed by atoms with Crippen LogP contribution in [0, 0.1) is 18.3 Å². The molecule has 0 bridgehead atoms. The zero-order valence-electron chi connectivity index (χ0n) is 13.1. The molecule has 2 rings (SSSR count). The lowest BCUT2D eigenvalue weighted by Gasteiger charge is -2.24. The minimum atomic E-state index is -4.69. The fourth-order valence-corrected chi connectivity index (χ4v) is 1.96. The van der Waals surface area contributed by atoms with E-state index in [2.05, 4.69) is 15.4 Å². The van der Waals surface area contributed by atoms with Gasteiger partial charge in [-0.25, -0.2) is 9.67 Å². The third-order valence-corrected chi connectivity index (χ3v) is 3.44. The molecule has 0 atom stereocenters. The van der Waals surface area contributed by atoms with Crippen molar-refractivity contribution < 1.29 is 18.0 Å². The molecule has 0 unspecified atom stereocenters. The number of carbonyl (C=O) groups excluding carboxylic acids is 1. The Morgan fingerprint density at radius 2 is 2.00 bits per heavy atom. The van der Waals surface area contributed by atoms with Crippen molar-refractivity contribution in [2.24, 2.45) is 0 Å². The van der Waals surface area contributed by atoms with Crippen molar-refractivity contribution in [1.82, 2.24) is 14.8 Å². The zero-order valence-corrected chi connectivity index (χ0v) is 13.1. The first-order valence-electron chi connectivity index (χ1n) is 6.87. The largest absolute Gasteiger partial charge is 0.417 e. The van der Waals surface area contributed by atoms with Gasteiger partial charge >= 0.3 is 6.18 Å². The molecule has 0 aliphatic heterocycles. The van der Waals surface area contributed by atoms with Crippen LogP contribution in [0.25, 0.3) is 0 Å². The summed E-state index contributed by atoms with van der Waals surface area (Å²) in [4.78, 5) is 16.3. The zero-order chi connectivity index (χ0) is 18.1. The summed E-state index contributed by atoms with van der Waals surface area (Å²) in [6, 6.07) is 4.48. The van der Waals surface area contributed by atoms with Crippen molar-refractivity contribution in [2.45, 2.75) is 32.5 Å². The summed E-state index contributed by atoms with van der Waals surface area (Å²) in [6.07, 6.45) is -3.32. The van der Waals surface area contributed by atoms with Gasteiger partial charge in [-0.05, 0) is 39.0 Å². The van der Waals surface area contributed by atoms with Crippen LogP contribution < -0.4 is 5.32 Å². The number of carbonyl (C=O) groups is 1. The lowest BCUT2D eigenvalue weighted by atomic mass is 10.0. The highest BCUT2D eigenvalue weighted by Crippen LogP contribution is 2.33. The van der Waals surface area contributed by atoms with Gasteiger partial charge in [-0.3, -0.25) is 4.79 Å². The maximum atomic E-state index is 13.0. The van der Waals surface area contributed by atoms with Crippen LogP contribution in [-0.2, 0) is 16.5 Å². The SMILES string of the molecule is Cc1ncn(C(C)(C)C(=O)Nc2ccc(C#N)c(C(F)(F)F)c2)n1. The quantitative estimate of drug-likeness (QED) is 0.933. The van der Waals surface area contributed by atoms with E-state index >= 15 is 0 Å². The van der Waals surface area contributed by atoms with Gasteiger partial charge in [0.25, 0.3) is 5.91 Å². The Balaban J connectivity index is 2.31. The van der Waals surface area contributed by atoms with Gasteiger partial charge in [0.15, 0.2) is 0 Å². The third kappa shape index (κ3) is 3.37. The number of rotatable bonds is 3. The molecule has 0 spiro atoms. The van der Waals surface area contributed by atoms with Gasteiger partial charge in [-0.15, -0.1) is 0 Å². The lowest BCUT2D eigenvalue weighted by molar-refractivity contribution is -0.137. The molecule has 0 saturated heterocycles. The summed E-state index contributed by atoms with van der Waals surface area (Å²) in [7, 11) is 0. The molecule has 0 aliphatic carbocycles. The second-order valence-electron chi connectivity index (χ2n) is 5.62. The Hall–Kier alpha value is -2.89. The molecule has 0 aliphatic rings. The highest BCUT2D eigenvalue weighted by molar-refractivity contribution is 5.96. The number of nitriles is 1. The smallest absolute Gasteiger partial charge is 0.324 e. The monoisotopic (exact) mass is 337 g/mol. The summed E-state index contributed by atoms with van der Waals surface area (Å²) in [5, 5.41) is 15.2. The second-order valence-corrected chi connectivity index (χ2v) is 5.62. The topological polar surface area (TPSA) is 83.6 Å². The Kier molecular flexibility index (Phi) is 4.34. The van der Waals surface area contributed by atoms with Gasteiger partial charge in [-0.2, -0.15) is 23.5 Å². The maximum absolute atomic E-state index is 13.0. The van der Waals surface area contributed by atoms with Crippen molar-refractivity contribution in [3.05, 3.63) is 41.5 Å². The van der Waals surface area contributed by atoms with E-state index < -0.39 is 28.7 Å². The Morgan fingerprint density at radius 1 is 1.33 bits per heavy atom. The first-order valence-corrected chi connectivity index (χ1v) is 6.87. The highest BCUT2D eigenvalue weighted by Gasteiger charge is 2.35. The Labute approximate surface area is 135 Å². The van der Waals surface area contributed by atoms with Crippen molar-refractivity contribution in [3.63, 3.8) is 0 Å². The van der Waals surface area contributed by atoms with Crippen molar-refractivity contribution in [3.8, 4) is 6.07 Å². The average molecular weight is 337 g/mol. The van der Waals surface area contributed by atoms with E-state index in [0.29, 0.717) is 5.82 Å². The van der Waals surface area contributed by atoms with Crippen LogP contribution in [-0.4, -0.2) is 20.7 Å². The number of halogens is 3. The number of alkyl halides is 3. The minimum absolute atomic E-state index is 0.0590. The number of nitrogens with one attached hydrogen (secondary N) is 1. The van der Waals surface area contributed by atoms with Gasteiger partial charge in [-0.1, -0.05) is 0 Å². The van der Waals surface area contributed by atoms with E-state index in [9.17, 15) is 18.0 Å². The molecule has 1 N–H and O–H groups in total. The number of aryl methyl sites for hydroxylation is 1. The molecule has 0 saturated carbocycles. The standard InChI is InChI=1S/C15H14F3N5O/c1-9-20-8-23(22-9)14(2,3)13(24)21-11-5-4-10(7-19)12(6-11)15(16,17)18/h4-6,8H,1-3H3,(H,21,24). The number of hydrogen-bond acceptors (Lipinski definition) is 4. The summed E-state index contributed by atoms with van der Waals surface area (Å²) in [6.45, 7) is 4.77. The predicted octanol–water partition coefficient (Wildman–Crippen LogP) is 2.85. The van der Waals surface area contributed by atoms with E-state index in [1.165, 1.54) is 23.1 Å². The Bertz CT molecular complexity index is 817. The molecule has 1 aromatic carbocycles. The van der Waals surface area contributed by atoms with E-state index in [4.69, 9.17) is 5.26 Å². The minimum Gasteiger partial charge on any atom is -0.324 e. The van der Waals surface area contributed by atoms with Crippen LogP contribution in [0.5, 0.6) is 0 Å².